The van der Waals surface area contributed by atoms with Gasteiger partial charge in [-0.1, -0.05) is 52.9 Å². The fraction of sp³-hybridized carbons (Fsp3) is 0.769. The van der Waals surface area contributed by atoms with Crippen LogP contribution in [-0.4, -0.2) is 34.9 Å². The maximum Gasteiger partial charge on any atom is 0.417 e. The van der Waals surface area contributed by atoms with Gasteiger partial charge in [0.2, 0.25) is 5.91 Å². The largest absolute Gasteiger partial charge is 0.417 e. The van der Waals surface area contributed by atoms with Gasteiger partial charge in [0, 0.05) is 37.4 Å². The second-order valence-corrected chi connectivity index (χ2v) is 10.3. The molecule has 3 rings (SSSR count). The van der Waals surface area contributed by atoms with Crippen molar-refractivity contribution in [3.8, 4) is 0 Å². The van der Waals surface area contributed by atoms with Crippen molar-refractivity contribution in [3.63, 3.8) is 0 Å². The quantitative estimate of drug-likeness (QED) is 0.421. The highest BCUT2D eigenvalue weighted by Gasteiger charge is 2.49. The molecule has 0 saturated heterocycles. The number of amides is 1. The lowest BCUT2D eigenvalue weighted by atomic mass is 9.74. The summed E-state index contributed by atoms with van der Waals surface area (Å²) in [5.41, 5.74) is 0.0225. The number of alkyl halides is 3. The molecule has 1 aliphatic heterocycles. The van der Waals surface area contributed by atoms with Crippen molar-refractivity contribution in [2.45, 2.75) is 104 Å². The second-order valence-electron chi connectivity index (χ2n) is 10.3. The smallest absolute Gasteiger partial charge is 0.337 e. The number of unbranched alkanes of at least 4 members (excludes halogenated alkanes) is 5. The van der Waals surface area contributed by atoms with Gasteiger partial charge in [-0.05, 0) is 49.8 Å². The maximum atomic E-state index is 13.7. The number of halogens is 3. The first-order valence-corrected chi connectivity index (χ1v) is 12.7. The molecule has 4 nitrogen and oxygen atoms in total. The van der Waals surface area contributed by atoms with E-state index in [9.17, 15) is 18.0 Å². The number of fused-ring (bicyclic) bond motifs is 1. The molecule has 0 spiro atoms. The molecular formula is C26H40F3N3O. The molecule has 0 radical (unpaired) electrons. The summed E-state index contributed by atoms with van der Waals surface area (Å²) in [6.07, 6.45) is 7.19. The minimum Gasteiger partial charge on any atom is -0.337 e. The number of rotatable bonds is 10. The Hall–Kier alpha value is -1.63. The number of carbonyl (C=O) groups is 1. The van der Waals surface area contributed by atoms with Crippen LogP contribution in [0.15, 0.2) is 12.3 Å². The lowest BCUT2D eigenvalue weighted by molar-refractivity contribution is -0.145. The number of carbonyl (C=O) groups excluding carboxylic acids is 1. The van der Waals surface area contributed by atoms with Crippen LogP contribution >= 0.6 is 0 Å². The summed E-state index contributed by atoms with van der Waals surface area (Å²) >= 11 is 0. The molecule has 1 saturated carbocycles. The van der Waals surface area contributed by atoms with Crippen LogP contribution < -0.4 is 5.32 Å². The number of hydrogen-bond acceptors (Lipinski definition) is 3. The van der Waals surface area contributed by atoms with Crippen LogP contribution in [-0.2, 0) is 23.9 Å². The average molecular weight is 468 g/mol. The molecule has 7 heteroatoms. The van der Waals surface area contributed by atoms with E-state index in [0.29, 0.717) is 30.3 Å². The average Bonchev–Trinajstić information content (AvgIpc) is 3.22. The zero-order valence-corrected chi connectivity index (χ0v) is 20.4. The van der Waals surface area contributed by atoms with E-state index in [0.717, 1.165) is 32.0 Å². The fourth-order valence-corrected chi connectivity index (χ4v) is 5.50. The molecule has 1 N–H and O–H groups in total. The molecule has 2 heterocycles. The van der Waals surface area contributed by atoms with Gasteiger partial charge in [0.05, 0.1) is 11.0 Å². The van der Waals surface area contributed by atoms with Gasteiger partial charge in [-0.25, -0.2) is 0 Å². The minimum atomic E-state index is -4.42. The Balaban J connectivity index is 1.59. The number of pyridine rings is 1. The molecule has 1 fully saturated rings. The Kier molecular flexibility index (Phi) is 8.82. The molecule has 1 aromatic rings. The Morgan fingerprint density at radius 3 is 2.67 bits per heavy atom. The number of nitrogens with one attached hydrogen (secondary N) is 1. The minimum absolute atomic E-state index is 0.101. The summed E-state index contributed by atoms with van der Waals surface area (Å²) in [6, 6.07) is 1.51. The van der Waals surface area contributed by atoms with Gasteiger partial charge in [0.1, 0.15) is 0 Å². The first kappa shape index (κ1) is 26.0. The Bertz CT molecular complexity index is 795. The third-order valence-electron chi connectivity index (χ3n) is 7.70. The van der Waals surface area contributed by atoms with Gasteiger partial charge < -0.3 is 10.2 Å². The van der Waals surface area contributed by atoms with Crippen molar-refractivity contribution in [2.24, 2.45) is 11.3 Å². The molecule has 1 aliphatic carbocycles. The van der Waals surface area contributed by atoms with E-state index >= 15 is 0 Å². The van der Waals surface area contributed by atoms with Crippen LogP contribution in [0.25, 0.3) is 0 Å². The third kappa shape index (κ3) is 6.28. The van der Waals surface area contributed by atoms with Crippen molar-refractivity contribution in [1.29, 1.82) is 0 Å². The first-order chi connectivity index (χ1) is 15.7. The lowest BCUT2D eigenvalue weighted by Gasteiger charge is -2.39. The molecule has 33 heavy (non-hydrogen) atoms. The van der Waals surface area contributed by atoms with Crippen LogP contribution in [0.3, 0.4) is 0 Å². The van der Waals surface area contributed by atoms with Crippen LogP contribution in [0.2, 0.25) is 0 Å². The summed E-state index contributed by atoms with van der Waals surface area (Å²) in [5.74, 6) is 0.288. The zero-order chi connectivity index (χ0) is 24.1. The van der Waals surface area contributed by atoms with Crippen molar-refractivity contribution < 1.29 is 18.0 Å². The van der Waals surface area contributed by atoms with Crippen molar-refractivity contribution >= 4 is 5.91 Å². The van der Waals surface area contributed by atoms with E-state index in [4.69, 9.17) is 0 Å². The molecule has 0 bridgehead atoms. The van der Waals surface area contributed by atoms with Crippen LogP contribution in [0.1, 0.15) is 95.4 Å². The topological polar surface area (TPSA) is 45.2 Å². The van der Waals surface area contributed by atoms with E-state index in [2.05, 4.69) is 31.1 Å². The van der Waals surface area contributed by atoms with E-state index in [1.54, 1.807) is 4.90 Å². The third-order valence-corrected chi connectivity index (χ3v) is 7.70. The fourth-order valence-electron chi connectivity index (χ4n) is 5.50. The summed E-state index contributed by atoms with van der Waals surface area (Å²) < 4.78 is 39.4. The first-order valence-electron chi connectivity index (χ1n) is 12.7. The molecule has 186 valence electrons. The summed E-state index contributed by atoms with van der Waals surface area (Å²) in [7, 11) is 0. The van der Waals surface area contributed by atoms with Gasteiger partial charge in [-0.15, -0.1) is 0 Å². The van der Waals surface area contributed by atoms with Gasteiger partial charge in [0.15, 0.2) is 0 Å². The molecule has 2 atom stereocenters. The Morgan fingerprint density at radius 2 is 1.97 bits per heavy atom. The van der Waals surface area contributed by atoms with Gasteiger partial charge in [-0.2, -0.15) is 13.2 Å². The zero-order valence-electron chi connectivity index (χ0n) is 20.4. The monoisotopic (exact) mass is 467 g/mol. The normalized spacial score (nSPS) is 23.2. The van der Waals surface area contributed by atoms with E-state index in [1.807, 2.05) is 0 Å². The number of nitrogens with zero attached hydrogens (tertiary/aromatic N) is 2. The lowest BCUT2D eigenvalue weighted by Crippen LogP contribution is -2.48. The molecule has 0 aromatic carbocycles. The SMILES string of the molecule is CCCCCCCCN[C@@H]1CC[C@@](C(=O)N2CCc3ncc(C(F)(F)F)cc3C2)(C(C)C)C1. The highest BCUT2D eigenvalue weighted by molar-refractivity contribution is 5.83. The van der Waals surface area contributed by atoms with Gasteiger partial charge in [-0.3, -0.25) is 9.78 Å². The standard InChI is InChI=1S/C26H40F3N3O/c1-4-5-6-7-8-9-13-30-22-10-12-25(16-22,19(2)3)24(33)32-14-11-23-20(18-32)15-21(17-31-23)26(27,28)29/h15,17,19,22,30H,4-14,16,18H2,1-3H3/t22-,25+/m1/s1. The predicted molar refractivity (Wildman–Crippen MR) is 125 cm³/mol. The molecular weight excluding hydrogens is 427 g/mol. The molecule has 2 aliphatic rings. The summed E-state index contributed by atoms with van der Waals surface area (Å²) in [5, 5.41) is 3.67. The van der Waals surface area contributed by atoms with Crippen LogP contribution in [0.4, 0.5) is 13.2 Å². The Morgan fingerprint density at radius 1 is 1.24 bits per heavy atom. The van der Waals surface area contributed by atoms with Gasteiger partial charge in [0.25, 0.3) is 0 Å². The molecule has 0 unspecified atom stereocenters. The van der Waals surface area contributed by atoms with Crippen LogP contribution in [0, 0.1) is 11.3 Å². The Labute approximate surface area is 196 Å². The number of hydrogen-bond donors (Lipinski definition) is 1. The second kappa shape index (κ2) is 11.2. The highest BCUT2D eigenvalue weighted by atomic mass is 19.4. The summed E-state index contributed by atoms with van der Waals surface area (Å²) in [6.45, 7) is 8.17. The van der Waals surface area contributed by atoms with E-state index < -0.39 is 17.2 Å². The molecule has 1 aromatic heterocycles. The van der Waals surface area contributed by atoms with Crippen molar-refractivity contribution in [2.75, 3.05) is 13.1 Å². The van der Waals surface area contributed by atoms with Crippen LogP contribution in [0.5, 0.6) is 0 Å². The van der Waals surface area contributed by atoms with E-state index in [1.165, 1.54) is 44.6 Å². The number of aromatic nitrogens is 1. The summed E-state index contributed by atoms with van der Waals surface area (Å²) in [4.78, 5) is 19.5. The van der Waals surface area contributed by atoms with Gasteiger partial charge >= 0.3 is 6.18 Å². The van der Waals surface area contributed by atoms with Crippen molar-refractivity contribution in [3.05, 3.63) is 29.1 Å². The molecule has 1 amide bonds. The van der Waals surface area contributed by atoms with E-state index in [-0.39, 0.29) is 18.4 Å². The maximum absolute atomic E-state index is 13.7. The highest BCUT2D eigenvalue weighted by Crippen LogP contribution is 2.46. The van der Waals surface area contributed by atoms with Crippen molar-refractivity contribution in [1.82, 2.24) is 15.2 Å². The predicted octanol–water partition coefficient (Wildman–Crippen LogP) is 6.13.